The van der Waals surface area contributed by atoms with Gasteiger partial charge < -0.3 is 24.8 Å². The van der Waals surface area contributed by atoms with Gasteiger partial charge in [-0.05, 0) is 12.1 Å². The van der Waals surface area contributed by atoms with Gasteiger partial charge in [-0.3, -0.25) is 4.79 Å². The maximum Gasteiger partial charge on any atom is 0.321 e. The molecule has 0 unspecified atom stereocenters. The van der Waals surface area contributed by atoms with E-state index in [4.69, 9.17) is 14.6 Å². The van der Waals surface area contributed by atoms with Gasteiger partial charge in [0, 0.05) is 30.8 Å². The number of carbonyl (C=O) groups excluding carboxylic acids is 1. The molecule has 0 spiro atoms. The van der Waals surface area contributed by atoms with Crippen molar-refractivity contribution < 1.29 is 24.2 Å². The summed E-state index contributed by atoms with van der Waals surface area (Å²) in [5.41, 5.74) is 0.626. The number of anilines is 1. The second-order valence-corrected chi connectivity index (χ2v) is 4.87. The van der Waals surface area contributed by atoms with E-state index >= 15 is 0 Å². The highest BCUT2D eigenvalue weighted by molar-refractivity contribution is 5.90. The van der Waals surface area contributed by atoms with Gasteiger partial charge in [-0.15, -0.1) is 0 Å². The van der Waals surface area contributed by atoms with Crippen LogP contribution in [0.3, 0.4) is 0 Å². The van der Waals surface area contributed by atoms with Crippen LogP contribution in [0.15, 0.2) is 18.2 Å². The van der Waals surface area contributed by atoms with Gasteiger partial charge in [-0.2, -0.15) is 0 Å². The van der Waals surface area contributed by atoms with E-state index in [2.05, 4.69) is 5.32 Å². The van der Waals surface area contributed by atoms with E-state index in [1.165, 1.54) is 0 Å². The molecular weight excluding hydrogens is 264 g/mol. The third-order valence-electron chi connectivity index (χ3n) is 3.33. The molecule has 3 rings (SSSR count). The average molecular weight is 278 g/mol. The fourth-order valence-electron chi connectivity index (χ4n) is 2.29. The van der Waals surface area contributed by atoms with Crippen LogP contribution >= 0.6 is 0 Å². The molecule has 2 aliphatic heterocycles. The van der Waals surface area contributed by atoms with Crippen molar-refractivity contribution in [2.75, 3.05) is 25.2 Å². The Morgan fingerprint density at radius 1 is 1.30 bits per heavy atom. The lowest BCUT2D eigenvalue weighted by atomic mass is 9.97. The van der Waals surface area contributed by atoms with Crippen molar-refractivity contribution in [2.45, 2.75) is 6.42 Å². The van der Waals surface area contributed by atoms with Gasteiger partial charge >= 0.3 is 12.0 Å². The molecule has 2 N–H and O–H groups in total. The number of carbonyl (C=O) groups is 2. The van der Waals surface area contributed by atoms with Gasteiger partial charge in [0.2, 0.25) is 6.79 Å². The van der Waals surface area contributed by atoms with Crippen molar-refractivity contribution in [3.05, 3.63) is 18.2 Å². The molecule has 7 heteroatoms. The predicted molar refractivity (Wildman–Crippen MR) is 68.9 cm³/mol. The maximum atomic E-state index is 11.9. The van der Waals surface area contributed by atoms with Crippen molar-refractivity contribution in [2.24, 2.45) is 5.92 Å². The predicted octanol–water partition coefficient (Wildman–Crippen LogP) is 1.35. The molecule has 0 bridgehead atoms. The van der Waals surface area contributed by atoms with Crippen LogP contribution in [0.5, 0.6) is 11.5 Å². The van der Waals surface area contributed by atoms with Gasteiger partial charge in [0.15, 0.2) is 11.5 Å². The molecule has 1 saturated heterocycles. The minimum absolute atomic E-state index is 0.0509. The summed E-state index contributed by atoms with van der Waals surface area (Å²) in [7, 11) is 0. The zero-order valence-corrected chi connectivity index (χ0v) is 10.7. The lowest BCUT2D eigenvalue weighted by Gasteiger charge is -2.38. The standard InChI is InChI=1S/C13H14N2O5/c16-12(17)3-8-5-15(6-8)13(18)14-9-1-2-10-11(4-9)20-7-19-10/h1-2,4,8H,3,5-7H2,(H,14,18)(H,16,17). The summed E-state index contributed by atoms with van der Waals surface area (Å²) < 4.78 is 10.4. The quantitative estimate of drug-likeness (QED) is 0.871. The first kappa shape index (κ1) is 12.6. The van der Waals surface area contributed by atoms with Crippen LogP contribution in [0.2, 0.25) is 0 Å². The largest absolute Gasteiger partial charge is 0.481 e. The summed E-state index contributed by atoms with van der Waals surface area (Å²) in [6, 6.07) is 4.95. The molecule has 0 aliphatic carbocycles. The second-order valence-electron chi connectivity index (χ2n) is 4.87. The Labute approximate surface area is 115 Å². The number of aliphatic carboxylic acids is 1. The van der Waals surface area contributed by atoms with Crippen molar-refractivity contribution in [3.8, 4) is 11.5 Å². The smallest absolute Gasteiger partial charge is 0.321 e. The third kappa shape index (κ3) is 2.47. The second kappa shape index (κ2) is 4.92. The molecule has 0 atom stereocenters. The van der Waals surface area contributed by atoms with E-state index < -0.39 is 5.97 Å². The van der Waals surface area contributed by atoms with Gasteiger partial charge in [0.1, 0.15) is 0 Å². The van der Waals surface area contributed by atoms with Crippen molar-refractivity contribution in [1.82, 2.24) is 4.90 Å². The SMILES string of the molecule is O=C(O)CC1CN(C(=O)Nc2ccc3c(c2)OCO3)C1. The monoisotopic (exact) mass is 278 g/mol. The summed E-state index contributed by atoms with van der Waals surface area (Å²) in [4.78, 5) is 24.0. The lowest BCUT2D eigenvalue weighted by Crippen LogP contribution is -2.52. The highest BCUT2D eigenvalue weighted by Crippen LogP contribution is 2.34. The molecule has 2 heterocycles. The first-order chi connectivity index (χ1) is 9.61. The van der Waals surface area contributed by atoms with Crippen LogP contribution in [0, 0.1) is 5.92 Å². The van der Waals surface area contributed by atoms with Crippen LogP contribution < -0.4 is 14.8 Å². The molecular formula is C13H14N2O5. The molecule has 106 valence electrons. The van der Waals surface area contributed by atoms with E-state index in [-0.39, 0.29) is 25.2 Å². The summed E-state index contributed by atoms with van der Waals surface area (Å²) in [5, 5.41) is 11.4. The number of ether oxygens (including phenoxy) is 2. The molecule has 7 nitrogen and oxygen atoms in total. The number of likely N-dealkylation sites (tertiary alicyclic amines) is 1. The van der Waals surface area contributed by atoms with Crippen LogP contribution in [0.1, 0.15) is 6.42 Å². The topological polar surface area (TPSA) is 88.1 Å². The summed E-state index contributed by atoms with van der Waals surface area (Å²) in [6.07, 6.45) is 0.105. The molecule has 1 aromatic carbocycles. The van der Waals surface area contributed by atoms with Crippen molar-refractivity contribution in [1.29, 1.82) is 0 Å². The van der Waals surface area contributed by atoms with Crippen LogP contribution in [-0.4, -0.2) is 41.9 Å². The maximum absolute atomic E-state index is 11.9. The Morgan fingerprint density at radius 3 is 2.80 bits per heavy atom. The number of hydrogen-bond acceptors (Lipinski definition) is 4. The zero-order chi connectivity index (χ0) is 14.1. The average Bonchev–Trinajstić information content (AvgIpc) is 2.80. The Bertz CT molecular complexity index is 554. The first-order valence-corrected chi connectivity index (χ1v) is 6.29. The third-order valence-corrected chi connectivity index (χ3v) is 3.33. The highest BCUT2D eigenvalue weighted by atomic mass is 16.7. The number of carboxylic acid groups (broad SMARTS) is 1. The number of urea groups is 1. The molecule has 0 radical (unpaired) electrons. The number of nitrogens with one attached hydrogen (secondary N) is 1. The first-order valence-electron chi connectivity index (χ1n) is 6.29. The van der Waals surface area contributed by atoms with E-state index in [0.717, 1.165) is 0 Å². The summed E-state index contributed by atoms with van der Waals surface area (Å²) in [5.74, 6) is 0.490. The Morgan fingerprint density at radius 2 is 2.05 bits per heavy atom. The van der Waals surface area contributed by atoms with Crippen molar-refractivity contribution >= 4 is 17.7 Å². The summed E-state index contributed by atoms with van der Waals surface area (Å²) in [6.45, 7) is 1.14. The van der Waals surface area contributed by atoms with Gasteiger partial charge in [-0.1, -0.05) is 0 Å². The van der Waals surface area contributed by atoms with Crippen LogP contribution in [-0.2, 0) is 4.79 Å². The fraction of sp³-hybridized carbons (Fsp3) is 0.385. The molecule has 2 aliphatic rings. The number of rotatable bonds is 3. The fourth-order valence-corrected chi connectivity index (χ4v) is 2.29. The summed E-state index contributed by atoms with van der Waals surface area (Å²) >= 11 is 0. The highest BCUT2D eigenvalue weighted by Gasteiger charge is 2.32. The number of benzene rings is 1. The molecule has 20 heavy (non-hydrogen) atoms. The molecule has 1 aromatic rings. The minimum Gasteiger partial charge on any atom is -0.481 e. The normalized spacial score (nSPS) is 16.7. The van der Waals surface area contributed by atoms with Gasteiger partial charge in [-0.25, -0.2) is 4.79 Å². The molecule has 1 fully saturated rings. The number of amides is 2. The van der Waals surface area contributed by atoms with Crippen LogP contribution in [0.25, 0.3) is 0 Å². The van der Waals surface area contributed by atoms with Gasteiger partial charge in [0.25, 0.3) is 0 Å². The van der Waals surface area contributed by atoms with E-state index in [1.54, 1.807) is 23.1 Å². The molecule has 0 saturated carbocycles. The van der Waals surface area contributed by atoms with Crippen LogP contribution in [0.4, 0.5) is 10.5 Å². The Hall–Kier alpha value is -2.44. The minimum atomic E-state index is -0.828. The van der Waals surface area contributed by atoms with Gasteiger partial charge in [0.05, 0.1) is 6.42 Å². The number of hydrogen-bond donors (Lipinski definition) is 2. The number of nitrogens with zero attached hydrogens (tertiary/aromatic N) is 1. The van der Waals surface area contributed by atoms with Crippen molar-refractivity contribution in [3.63, 3.8) is 0 Å². The molecule has 2 amide bonds. The number of fused-ring (bicyclic) bond motifs is 1. The Balaban J connectivity index is 1.54. The zero-order valence-electron chi connectivity index (χ0n) is 10.7. The van der Waals surface area contributed by atoms with E-state index in [9.17, 15) is 9.59 Å². The Kier molecular flexibility index (Phi) is 3.09. The lowest BCUT2D eigenvalue weighted by molar-refractivity contribution is -0.139. The van der Waals surface area contributed by atoms with E-state index in [1.807, 2.05) is 0 Å². The molecule has 0 aromatic heterocycles. The van der Waals surface area contributed by atoms with E-state index in [0.29, 0.717) is 30.3 Å². The number of carboxylic acids is 1.